The highest BCUT2D eigenvalue weighted by molar-refractivity contribution is 7.14. The van der Waals surface area contributed by atoms with E-state index >= 15 is 0 Å². The van der Waals surface area contributed by atoms with Crippen molar-refractivity contribution >= 4 is 33.8 Å². The zero-order valence-electron chi connectivity index (χ0n) is 17.0. The Morgan fingerprint density at radius 3 is 2.87 bits per heavy atom. The predicted molar refractivity (Wildman–Crippen MR) is 122 cm³/mol. The smallest absolute Gasteiger partial charge is 0.213 e. The summed E-state index contributed by atoms with van der Waals surface area (Å²) in [6, 6.07) is 1.95. The number of hydrogen-bond donors (Lipinski definition) is 2. The first-order chi connectivity index (χ1) is 14.7. The second-order valence-electron chi connectivity index (χ2n) is 6.74. The number of aryl methyl sites for hydroxylation is 1. The quantitative estimate of drug-likeness (QED) is 0.510. The minimum atomic E-state index is 0.571. The van der Waals surface area contributed by atoms with Crippen LogP contribution in [0.15, 0.2) is 28.0 Å². The lowest BCUT2D eigenvalue weighted by molar-refractivity contribution is 0.170. The number of nitrogens with one attached hydrogen (secondary N) is 2. The molecule has 3 aromatic rings. The van der Waals surface area contributed by atoms with E-state index in [1.807, 2.05) is 29.9 Å². The molecule has 0 amide bonds. The van der Waals surface area contributed by atoms with Crippen molar-refractivity contribution < 1.29 is 9.47 Å². The van der Waals surface area contributed by atoms with Crippen molar-refractivity contribution in [1.29, 1.82) is 0 Å². The van der Waals surface area contributed by atoms with Gasteiger partial charge in [-0.25, -0.2) is 15.0 Å². The third-order valence-electron chi connectivity index (χ3n) is 4.44. The molecule has 0 radical (unpaired) electrons. The Kier molecular flexibility index (Phi) is 6.88. The van der Waals surface area contributed by atoms with Crippen molar-refractivity contribution in [3.05, 3.63) is 28.6 Å². The van der Waals surface area contributed by atoms with Crippen LogP contribution in [0.5, 0.6) is 5.88 Å². The van der Waals surface area contributed by atoms with Gasteiger partial charge in [0.2, 0.25) is 5.88 Å². The van der Waals surface area contributed by atoms with Crippen LogP contribution in [-0.4, -0.2) is 54.3 Å². The number of aliphatic imine (C=N–C) groups is 1. The molecule has 0 spiro atoms. The van der Waals surface area contributed by atoms with Crippen molar-refractivity contribution in [3.63, 3.8) is 0 Å². The van der Waals surface area contributed by atoms with E-state index in [0.29, 0.717) is 19.1 Å². The average molecular weight is 445 g/mol. The number of guanidine groups is 1. The molecule has 0 atom stereocenters. The molecule has 0 aliphatic carbocycles. The number of pyridine rings is 1. The van der Waals surface area contributed by atoms with Crippen LogP contribution in [0.3, 0.4) is 0 Å². The Balaban J connectivity index is 1.47. The summed E-state index contributed by atoms with van der Waals surface area (Å²) < 4.78 is 10.8. The summed E-state index contributed by atoms with van der Waals surface area (Å²) in [4.78, 5) is 18.3. The lowest BCUT2D eigenvalue weighted by atomic mass is 10.1. The topological polar surface area (TPSA) is 93.5 Å². The lowest BCUT2D eigenvalue weighted by Gasteiger charge is -2.13. The molecular formula is C20H24N6O2S2. The van der Waals surface area contributed by atoms with Gasteiger partial charge in [0.25, 0.3) is 0 Å². The molecule has 30 heavy (non-hydrogen) atoms. The van der Waals surface area contributed by atoms with Crippen LogP contribution in [0.1, 0.15) is 18.4 Å². The van der Waals surface area contributed by atoms with Gasteiger partial charge in [-0.1, -0.05) is 0 Å². The maximum atomic E-state index is 5.74. The van der Waals surface area contributed by atoms with Crippen LogP contribution in [0, 0.1) is 6.92 Å². The Morgan fingerprint density at radius 2 is 2.03 bits per heavy atom. The van der Waals surface area contributed by atoms with Gasteiger partial charge in [0.15, 0.2) is 11.1 Å². The lowest BCUT2D eigenvalue weighted by Crippen LogP contribution is -2.35. The summed E-state index contributed by atoms with van der Waals surface area (Å²) in [5.74, 6) is 1.39. The van der Waals surface area contributed by atoms with Crippen molar-refractivity contribution in [1.82, 2.24) is 20.3 Å². The van der Waals surface area contributed by atoms with Crippen LogP contribution in [0.2, 0.25) is 0 Å². The largest absolute Gasteiger partial charge is 0.478 e. The molecule has 8 nitrogen and oxygen atoms in total. The molecule has 0 bridgehead atoms. The van der Waals surface area contributed by atoms with E-state index in [0.717, 1.165) is 64.5 Å². The zero-order chi connectivity index (χ0) is 20.8. The molecule has 0 aromatic carbocycles. The molecule has 1 aliphatic rings. The first kappa shape index (κ1) is 20.7. The summed E-state index contributed by atoms with van der Waals surface area (Å²) in [5.41, 5.74) is 3.79. The number of aromatic nitrogens is 3. The van der Waals surface area contributed by atoms with Crippen LogP contribution in [-0.2, 0) is 4.74 Å². The summed E-state index contributed by atoms with van der Waals surface area (Å²) in [6.45, 7) is 5.04. The molecule has 4 rings (SSSR count). The minimum absolute atomic E-state index is 0.571. The highest BCUT2D eigenvalue weighted by Gasteiger charge is 2.14. The molecule has 1 aliphatic heterocycles. The van der Waals surface area contributed by atoms with E-state index in [9.17, 15) is 0 Å². The van der Waals surface area contributed by atoms with Crippen molar-refractivity contribution in [2.24, 2.45) is 4.99 Å². The third-order valence-corrected chi connectivity index (χ3v) is 6.08. The van der Waals surface area contributed by atoms with Gasteiger partial charge in [0.1, 0.15) is 16.4 Å². The van der Waals surface area contributed by atoms with E-state index < -0.39 is 0 Å². The molecule has 0 saturated carbocycles. The first-order valence-corrected chi connectivity index (χ1v) is 11.5. The molecular weight excluding hydrogens is 420 g/mol. The Bertz CT molecular complexity index is 1020. The number of ether oxygens (including phenoxy) is 2. The monoisotopic (exact) mass is 444 g/mol. The fourth-order valence-electron chi connectivity index (χ4n) is 2.88. The summed E-state index contributed by atoms with van der Waals surface area (Å²) in [7, 11) is 1.69. The SMILES string of the molecule is COCCCOc1cc(-c2nc(-c3csc(NC4=NCCCN4)n3)cs2)c(C)cn1. The Morgan fingerprint density at radius 1 is 1.17 bits per heavy atom. The van der Waals surface area contributed by atoms with Gasteiger partial charge in [0, 0.05) is 61.8 Å². The predicted octanol–water partition coefficient (Wildman–Crippen LogP) is 3.81. The second-order valence-corrected chi connectivity index (χ2v) is 8.46. The maximum absolute atomic E-state index is 5.74. The van der Waals surface area contributed by atoms with Crippen LogP contribution < -0.4 is 15.4 Å². The fourth-order valence-corrected chi connectivity index (χ4v) is 4.47. The highest BCUT2D eigenvalue weighted by Crippen LogP contribution is 2.33. The Hall–Kier alpha value is -2.56. The average Bonchev–Trinajstić information content (AvgIpc) is 3.43. The number of hydrogen-bond acceptors (Lipinski definition) is 10. The fraction of sp³-hybridized carbons (Fsp3) is 0.400. The van der Waals surface area contributed by atoms with E-state index in [2.05, 4.69) is 25.6 Å². The minimum Gasteiger partial charge on any atom is -0.478 e. The normalized spacial score (nSPS) is 13.6. The third kappa shape index (κ3) is 5.13. The molecule has 158 valence electrons. The van der Waals surface area contributed by atoms with E-state index in [4.69, 9.17) is 14.5 Å². The first-order valence-electron chi connectivity index (χ1n) is 9.78. The van der Waals surface area contributed by atoms with Gasteiger partial charge < -0.3 is 20.1 Å². The molecule has 0 fully saturated rings. The van der Waals surface area contributed by atoms with Crippen molar-refractivity contribution in [3.8, 4) is 27.8 Å². The van der Waals surface area contributed by atoms with Crippen molar-refractivity contribution in [2.75, 3.05) is 38.7 Å². The van der Waals surface area contributed by atoms with Crippen LogP contribution in [0.25, 0.3) is 22.0 Å². The highest BCUT2D eigenvalue weighted by atomic mass is 32.1. The van der Waals surface area contributed by atoms with Crippen LogP contribution in [0.4, 0.5) is 5.13 Å². The number of rotatable bonds is 8. The number of thiazole rings is 2. The van der Waals surface area contributed by atoms with E-state index in [1.165, 1.54) is 0 Å². The van der Waals surface area contributed by atoms with Gasteiger partial charge in [-0.05, 0) is 18.9 Å². The van der Waals surface area contributed by atoms with Gasteiger partial charge in [-0.15, -0.1) is 22.7 Å². The second kappa shape index (κ2) is 9.96. The summed E-state index contributed by atoms with van der Waals surface area (Å²) in [6.07, 6.45) is 3.71. The molecule has 3 aromatic heterocycles. The summed E-state index contributed by atoms with van der Waals surface area (Å²) in [5, 5.41) is 12.3. The molecule has 4 heterocycles. The molecule has 2 N–H and O–H groups in total. The molecule has 0 unspecified atom stereocenters. The van der Waals surface area contributed by atoms with E-state index in [-0.39, 0.29) is 0 Å². The zero-order valence-corrected chi connectivity index (χ0v) is 18.6. The number of methoxy groups -OCH3 is 1. The molecule has 10 heteroatoms. The van der Waals surface area contributed by atoms with Crippen LogP contribution >= 0.6 is 22.7 Å². The maximum Gasteiger partial charge on any atom is 0.213 e. The van der Waals surface area contributed by atoms with Gasteiger partial charge in [-0.2, -0.15) is 0 Å². The van der Waals surface area contributed by atoms with Crippen molar-refractivity contribution in [2.45, 2.75) is 19.8 Å². The van der Waals surface area contributed by atoms with Gasteiger partial charge in [-0.3, -0.25) is 4.99 Å². The van der Waals surface area contributed by atoms with Gasteiger partial charge >= 0.3 is 0 Å². The van der Waals surface area contributed by atoms with E-state index in [1.54, 1.807) is 29.8 Å². The molecule has 0 saturated heterocycles. The summed E-state index contributed by atoms with van der Waals surface area (Å²) >= 11 is 3.13. The number of anilines is 1. The Labute approximate surface area is 183 Å². The van der Waals surface area contributed by atoms with Gasteiger partial charge in [0.05, 0.1) is 6.61 Å². The standard InChI is InChI=1S/C20H24N6O2S2/c1-13-10-23-17(28-8-4-7-27-2)9-14(13)18-24-15(11-29-18)16-12-30-20(25-16)26-19-21-5-3-6-22-19/h9-12H,3-8H2,1-2H3,(H2,21,22,25,26). The number of nitrogens with zero attached hydrogens (tertiary/aromatic N) is 4.